The molecule has 22 heavy (non-hydrogen) atoms. The van der Waals surface area contributed by atoms with Gasteiger partial charge in [-0.15, -0.1) is 0 Å². The zero-order valence-corrected chi connectivity index (χ0v) is 13.3. The van der Waals surface area contributed by atoms with Gasteiger partial charge < -0.3 is 9.67 Å². The van der Waals surface area contributed by atoms with Crippen molar-refractivity contribution in [3.63, 3.8) is 0 Å². The second-order valence-electron chi connectivity index (χ2n) is 5.23. The Balaban J connectivity index is 2.01. The summed E-state index contributed by atoms with van der Waals surface area (Å²) in [7, 11) is 1.76. The third-order valence-corrected chi connectivity index (χ3v) is 4.46. The maximum absolute atomic E-state index is 12.6. The van der Waals surface area contributed by atoms with E-state index in [0.717, 1.165) is 15.4 Å². The molecule has 0 fully saturated rings. The molecule has 108 valence electrons. The Labute approximate surface area is 134 Å². The van der Waals surface area contributed by atoms with E-state index in [4.69, 9.17) is 0 Å². The van der Waals surface area contributed by atoms with Gasteiger partial charge in [0, 0.05) is 22.5 Å². The highest BCUT2D eigenvalue weighted by molar-refractivity contribution is 9.10. The van der Waals surface area contributed by atoms with E-state index in [1.165, 1.54) is 0 Å². The number of aliphatic imine (C=N–C) groups is 1. The molecule has 0 atom stereocenters. The van der Waals surface area contributed by atoms with Crippen molar-refractivity contribution in [2.24, 2.45) is 12.0 Å². The van der Waals surface area contributed by atoms with Crippen LogP contribution >= 0.6 is 15.9 Å². The van der Waals surface area contributed by atoms with Crippen LogP contribution in [0.3, 0.4) is 0 Å². The van der Waals surface area contributed by atoms with Crippen LogP contribution in [0, 0.1) is 0 Å². The van der Waals surface area contributed by atoms with E-state index < -0.39 is 0 Å². The van der Waals surface area contributed by atoms with Crippen molar-refractivity contribution < 1.29 is 9.90 Å². The zero-order chi connectivity index (χ0) is 15.4. The summed E-state index contributed by atoms with van der Waals surface area (Å²) in [6, 6.07) is 12.9. The fourth-order valence-electron chi connectivity index (χ4n) is 2.86. The van der Waals surface area contributed by atoms with Gasteiger partial charge in [0.2, 0.25) is 11.7 Å². The van der Waals surface area contributed by atoms with E-state index in [-0.39, 0.29) is 11.7 Å². The first-order valence-corrected chi connectivity index (χ1v) is 7.57. The molecule has 0 aliphatic carbocycles. The number of carbonyl (C=O) groups is 1. The first kappa shape index (κ1) is 13.3. The molecule has 0 spiro atoms. The molecule has 1 aliphatic heterocycles. The van der Waals surface area contributed by atoms with Gasteiger partial charge in [-0.3, -0.25) is 4.79 Å². The van der Waals surface area contributed by atoms with Gasteiger partial charge in [0.25, 0.3) is 0 Å². The number of rotatable bonds is 1. The summed E-state index contributed by atoms with van der Waals surface area (Å²) in [5.74, 6) is -0.102. The summed E-state index contributed by atoms with van der Waals surface area (Å²) in [5.41, 5.74) is 2.85. The number of Topliss-reactive ketones (excluding diaryl/α,β-unsaturated/α-hetero) is 1. The monoisotopic (exact) mass is 354 g/mol. The first-order chi connectivity index (χ1) is 10.6. The molecule has 1 aliphatic rings. The van der Waals surface area contributed by atoms with E-state index >= 15 is 0 Å². The number of para-hydroxylation sites is 1. The molecular weight excluding hydrogens is 344 g/mol. The normalized spacial score (nSPS) is 13.5. The van der Waals surface area contributed by atoms with Crippen molar-refractivity contribution in [1.29, 1.82) is 0 Å². The molecule has 0 radical (unpaired) electrons. The fraction of sp³-hybridized carbons (Fsp3) is 0.0588. The molecule has 3 aromatic rings. The van der Waals surface area contributed by atoms with Crippen molar-refractivity contribution in [3.8, 4) is 5.88 Å². The van der Waals surface area contributed by atoms with Gasteiger partial charge in [-0.25, -0.2) is 4.99 Å². The predicted octanol–water partition coefficient (Wildman–Crippen LogP) is 3.96. The molecule has 2 heterocycles. The van der Waals surface area contributed by atoms with Crippen LogP contribution < -0.4 is 0 Å². The molecule has 4 rings (SSSR count). The van der Waals surface area contributed by atoms with Gasteiger partial charge in [-0.1, -0.05) is 34.1 Å². The van der Waals surface area contributed by atoms with Gasteiger partial charge in [-0.05, 0) is 24.3 Å². The van der Waals surface area contributed by atoms with Crippen LogP contribution in [-0.2, 0) is 7.05 Å². The average molecular weight is 355 g/mol. The van der Waals surface area contributed by atoms with Gasteiger partial charge in [0.15, 0.2) is 0 Å². The van der Waals surface area contributed by atoms with E-state index in [1.807, 2.05) is 30.3 Å². The number of ketones is 1. The predicted molar refractivity (Wildman–Crippen MR) is 89.3 cm³/mol. The summed E-state index contributed by atoms with van der Waals surface area (Å²) in [6.45, 7) is 0. The van der Waals surface area contributed by atoms with Crippen molar-refractivity contribution in [2.45, 2.75) is 0 Å². The standard InChI is InChI=1S/C17H11BrN2O2/c1-20-13-8-9(18)6-7-11(13)14(17(20)22)15-16(21)10-4-2-3-5-12(10)19-15/h2-8,22H,1H3. The second kappa shape index (κ2) is 4.55. The molecule has 0 saturated carbocycles. The van der Waals surface area contributed by atoms with Crippen LogP contribution in [0.1, 0.15) is 15.9 Å². The van der Waals surface area contributed by atoms with E-state index in [1.54, 1.807) is 23.7 Å². The number of aryl methyl sites for hydroxylation is 1. The Hall–Kier alpha value is -2.40. The lowest BCUT2D eigenvalue weighted by Crippen LogP contribution is -2.11. The summed E-state index contributed by atoms with van der Waals surface area (Å²) >= 11 is 3.43. The lowest BCUT2D eigenvalue weighted by molar-refractivity contribution is 0.107. The van der Waals surface area contributed by atoms with Crippen LogP contribution in [0.15, 0.2) is 51.9 Å². The van der Waals surface area contributed by atoms with Gasteiger partial charge >= 0.3 is 0 Å². The maximum atomic E-state index is 12.6. The minimum atomic E-state index is -0.152. The highest BCUT2D eigenvalue weighted by Crippen LogP contribution is 2.37. The maximum Gasteiger partial charge on any atom is 0.214 e. The molecule has 2 aromatic carbocycles. The van der Waals surface area contributed by atoms with Gasteiger partial charge in [0.1, 0.15) is 5.71 Å². The van der Waals surface area contributed by atoms with Crippen molar-refractivity contribution >= 4 is 44.0 Å². The van der Waals surface area contributed by atoms with Crippen LogP contribution in [0.5, 0.6) is 5.88 Å². The summed E-state index contributed by atoms with van der Waals surface area (Å²) < 4.78 is 2.57. The minimum Gasteiger partial charge on any atom is -0.494 e. The topological polar surface area (TPSA) is 54.6 Å². The minimum absolute atomic E-state index is 0.0491. The van der Waals surface area contributed by atoms with E-state index in [0.29, 0.717) is 22.5 Å². The number of carbonyl (C=O) groups excluding carboxylic acids is 1. The summed E-state index contributed by atoms with van der Waals surface area (Å²) in [5, 5.41) is 11.3. The highest BCUT2D eigenvalue weighted by atomic mass is 79.9. The SMILES string of the molecule is Cn1c(O)c(C2=Nc3ccccc3C2=O)c2ccc(Br)cc21. The summed E-state index contributed by atoms with van der Waals surface area (Å²) in [4.78, 5) is 17.0. The van der Waals surface area contributed by atoms with Crippen molar-refractivity contribution in [3.05, 3.63) is 58.1 Å². The molecule has 0 bridgehead atoms. The smallest absolute Gasteiger partial charge is 0.214 e. The van der Waals surface area contributed by atoms with Crippen molar-refractivity contribution in [2.75, 3.05) is 0 Å². The Morgan fingerprint density at radius 2 is 1.95 bits per heavy atom. The number of aromatic nitrogens is 1. The molecule has 5 heteroatoms. The first-order valence-electron chi connectivity index (χ1n) is 6.77. The Kier molecular flexibility index (Phi) is 2.74. The number of benzene rings is 2. The molecule has 0 amide bonds. The lowest BCUT2D eigenvalue weighted by atomic mass is 10.0. The average Bonchev–Trinajstić information content (AvgIpc) is 2.96. The molecule has 0 saturated heterocycles. The number of halogens is 1. The highest BCUT2D eigenvalue weighted by Gasteiger charge is 2.30. The van der Waals surface area contributed by atoms with Crippen LogP contribution in [0.25, 0.3) is 10.9 Å². The third kappa shape index (κ3) is 1.69. The van der Waals surface area contributed by atoms with Gasteiger partial charge in [0.05, 0.1) is 16.8 Å². The molecular formula is C17H11BrN2O2. The Bertz CT molecular complexity index is 986. The number of hydrogen-bond donors (Lipinski definition) is 1. The van der Waals surface area contributed by atoms with Crippen LogP contribution in [-0.4, -0.2) is 21.2 Å². The molecule has 1 N–H and O–H groups in total. The number of aromatic hydroxyl groups is 1. The van der Waals surface area contributed by atoms with Crippen LogP contribution in [0.2, 0.25) is 0 Å². The molecule has 0 unspecified atom stereocenters. The lowest BCUT2D eigenvalue weighted by Gasteiger charge is -1.99. The number of hydrogen-bond acceptors (Lipinski definition) is 3. The van der Waals surface area contributed by atoms with E-state index in [2.05, 4.69) is 20.9 Å². The second-order valence-corrected chi connectivity index (χ2v) is 6.14. The van der Waals surface area contributed by atoms with Crippen LogP contribution in [0.4, 0.5) is 5.69 Å². The Morgan fingerprint density at radius 1 is 1.18 bits per heavy atom. The molecule has 1 aromatic heterocycles. The number of nitrogens with zero attached hydrogens (tertiary/aromatic N) is 2. The van der Waals surface area contributed by atoms with E-state index in [9.17, 15) is 9.90 Å². The fourth-order valence-corrected chi connectivity index (χ4v) is 3.21. The summed E-state index contributed by atoms with van der Waals surface area (Å²) in [6.07, 6.45) is 0. The molecule has 4 nitrogen and oxygen atoms in total. The third-order valence-electron chi connectivity index (χ3n) is 3.96. The quantitative estimate of drug-likeness (QED) is 0.718. The number of fused-ring (bicyclic) bond motifs is 2. The van der Waals surface area contributed by atoms with Gasteiger partial charge in [-0.2, -0.15) is 0 Å². The zero-order valence-electron chi connectivity index (χ0n) is 11.7. The Morgan fingerprint density at radius 3 is 2.73 bits per heavy atom. The largest absolute Gasteiger partial charge is 0.494 e. The van der Waals surface area contributed by atoms with Crippen molar-refractivity contribution in [1.82, 2.24) is 4.57 Å².